The summed E-state index contributed by atoms with van der Waals surface area (Å²) in [7, 11) is 0. The van der Waals surface area contributed by atoms with Crippen LogP contribution in [0.15, 0.2) is 174 Å². The molecule has 3 heterocycles. The number of hydrogen-bond acceptors (Lipinski definition) is 2. The van der Waals surface area contributed by atoms with Crippen molar-refractivity contribution in [3.8, 4) is 16.8 Å². The Labute approximate surface area is 301 Å². The van der Waals surface area contributed by atoms with Gasteiger partial charge >= 0.3 is 0 Å². The monoisotopic (exact) mass is 666 g/mol. The van der Waals surface area contributed by atoms with Crippen LogP contribution < -0.4 is 4.90 Å². The van der Waals surface area contributed by atoms with Crippen LogP contribution in [0.25, 0.3) is 71.3 Å². The van der Waals surface area contributed by atoms with Crippen LogP contribution in [0.4, 0.5) is 17.1 Å². The fraction of sp³-hybridized carbons (Fsp3) is 0.0612. The molecule has 0 N–H and O–H groups in total. The van der Waals surface area contributed by atoms with Gasteiger partial charge in [-0.2, -0.15) is 0 Å². The predicted molar refractivity (Wildman–Crippen MR) is 218 cm³/mol. The highest BCUT2D eigenvalue weighted by atomic mass is 16.3. The summed E-state index contributed by atoms with van der Waals surface area (Å²) in [6.45, 7) is 4.73. The number of hydrogen-bond donors (Lipinski definition) is 0. The highest BCUT2D eigenvalue weighted by molar-refractivity contribution is 6.13. The van der Waals surface area contributed by atoms with Crippen molar-refractivity contribution >= 4 is 71.6 Å². The third-order valence-electron chi connectivity index (χ3n) is 11.4. The molecule has 0 amide bonds. The van der Waals surface area contributed by atoms with Crippen molar-refractivity contribution in [2.24, 2.45) is 0 Å². The van der Waals surface area contributed by atoms with Gasteiger partial charge in [0.15, 0.2) is 5.58 Å². The Morgan fingerprint density at radius 1 is 0.442 bits per heavy atom. The average Bonchev–Trinajstić information content (AvgIpc) is 3.74. The summed E-state index contributed by atoms with van der Waals surface area (Å²) in [5.41, 5.74) is 13.7. The number of rotatable bonds is 3. The van der Waals surface area contributed by atoms with Crippen molar-refractivity contribution in [3.63, 3.8) is 0 Å². The summed E-state index contributed by atoms with van der Waals surface area (Å²) < 4.78 is 8.90. The van der Waals surface area contributed by atoms with Crippen molar-refractivity contribution < 1.29 is 4.42 Å². The third kappa shape index (κ3) is 4.08. The fourth-order valence-corrected chi connectivity index (χ4v) is 8.80. The summed E-state index contributed by atoms with van der Waals surface area (Å²) in [5.74, 6) is 0. The standard InChI is InChI=1S/C49H34N2O/c1-49(2)40-17-7-9-19-44(40)50(35-25-22-31-12-3-4-13-32(31)28-35)45-27-24-34(30-41(45)49)33-23-26-43-39(29-33)36-14-5-8-18-42(36)51(43)46-20-11-16-38-37-15-6-10-21-47(37)52-48(38)46/h3-30H,1-2H3. The lowest BCUT2D eigenvalue weighted by Crippen LogP contribution is -2.30. The molecule has 0 saturated heterocycles. The van der Waals surface area contributed by atoms with E-state index in [0.29, 0.717) is 0 Å². The molecule has 246 valence electrons. The van der Waals surface area contributed by atoms with Crippen LogP contribution in [0.2, 0.25) is 0 Å². The zero-order valence-corrected chi connectivity index (χ0v) is 29.0. The molecule has 52 heavy (non-hydrogen) atoms. The molecule has 0 aliphatic carbocycles. The lowest BCUT2D eigenvalue weighted by Gasteiger charge is -2.42. The normalized spacial score (nSPS) is 13.7. The number of anilines is 3. The molecule has 0 radical (unpaired) electrons. The molecule has 11 rings (SSSR count). The van der Waals surface area contributed by atoms with E-state index in [-0.39, 0.29) is 5.41 Å². The van der Waals surface area contributed by atoms with E-state index in [0.717, 1.165) is 38.7 Å². The highest BCUT2D eigenvalue weighted by Gasteiger charge is 2.37. The van der Waals surface area contributed by atoms with Gasteiger partial charge in [0.05, 0.1) is 28.1 Å². The second kappa shape index (κ2) is 10.7. The van der Waals surface area contributed by atoms with Crippen molar-refractivity contribution in [2.75, 3.05) is 4.90 Å². The maximum absolute atomic E-state index is 6.53. The van der Waals surface area contributed by atoms with Crippen LogP contribution in [-0.2, 0) is 5.41 Å². The van der Waals surface area contributed by atoms with Gasteiger partial charge in [-0.15, -0.1) is 0 Å². The van der Waals surface area contributed by atoms with E-state index >= 15 is 0 Å². The largest absolute Gasteiger partial charge is 0.454 e. The molecule has 0 saturated carbocycles. The molecular formula is C49H34N2O. The smallest absolute Gasteiger partial charge is 0.159 e. The van der Waals surface area contributed by atoms with E-state index in [4.69, 9.17) is 4.42 Å². The molecule has 8 aromatic carbocycles. The van der Waals surface area contributed by atoms with Crippen LogP contribution >= 0.6 is 0 Å². The molecule has 10 aromatic rings. The van der Waals surface area contributed by atoms with E-state index in [1.807, 2.05) is 6.07 Å². The molecule has 0 spiro atoms. The van der Waals surface area contributed by atoms with E-state index < -0.39 is 0 Å². The van der Waals surface area contributed by atoms with Gasteiger partial charge < -0.3 is 13.9 Å². The van der Waals surface area contributed by atoms with Gasteiger partial charge in [0.1, 0.15) is 5.58 Å². The number of furan rings is 1. The van der Waals surface area contributed by atoms with Gasteiger partial charge in [-0.3, -0.25) is 0 Å². The maximum atomic E-state index is 6.53. The number of aromatic nitrogens is 1. The molecule has 3 nitrogen and oxygen atoms in total. The van der Waals surface area contributed by atoms with Crippen molar-refractivity contribution in [1.29, 1.82) is 0 Å². The molecule has 0 unspecified atom stereocenters. The first-order chi connectivity index (χ1) is 25.5. The lowest BCUT2D eigenvalue weighted by molar-refractivity contribution is 0.632. The van der Waals surface area contributed by atoms with Gasteiger partial charge in [-0.1, -0.05) is 123 Å². The number of fused-ring (bicyclic) bond motifs is 9. The maximum Gasteiger partial charge on any atom is 0.159 e. The quantitative estimate of drug-likeness (QED) is 0.187. The molecule has 0 bridgehead atoms. The van der Waals surface area contributed by atoms with Crippen LogP contribution in [-0.4, -0.2) is 4.57 Å². The zero-order chi connectivity index (χ0) is 34.6. The lowest BCUT2D eigenvalue weighted by atomic mass is 9.73. The molecule has 1 aliphatic rings. The predicted octanol–water partition coefficient (Wildman–Crippen LogP) is 13.6. The van der Waals surface area contributed by atoms with Gasteiger partial charge in [0.25, 0.3) is 0 Å². The number of benzene rings is 8. The second-order valence-corrected chi connectivity index (χ2v) is 14.6. The number of nitrogens with zero attached hydrogens (tertiary/aromatic N) is 2. The average molecular weight is 667 g/mol. The van der Waals surface area contributed by atoms with Crippen LogP contribution in [0.3, 0.4) is 0 Å². The van der Waals surface area contributed by atoms with E-state index in [2.05, 4.69) is 187 Å². The SMILES string of the molecule is CC1(C)c2ccccc2N(c2ccc3ccccc3c2)c2ccc(-c3ccc4c(c3)c3ccccc3n4-c3cccc4c3oc3ccccc34)cc21. The Morgan fingerprint density at radius 2 is 1.12 bits per heavy atom. The topological polar surface area (TPSA) is 21.3 Å². The van der Waals surface area contributed by atoms with Crippen LogP contribution in [0, 0.1) is 0 Å². The van der Waals surface area contributed by atoms with E-state index in [9.17, 15) is 0 Å². The Balaban J connectivity index is 1.10. The minimum absolute atomic E-state index is 0.194. The molecular weight excluding hydrogens is 633 g/mol. The van der Waals surface area contributed by atoms with Crippen molar-refractivity contribution in [2.45, 2.75) is 19.3 Å². The molecule has 1 aliphatic heterocycles. The van der Waals surface area contributed by atoms with Gasteiger partial charge in [-0.25, -0.2) is 0 Å². The Hall–Kier alpha value is -6.58. The van der Waals surface area contributed by atoms with Crippen LogP contribution in [0.1, 0.15) is 25.0 Å². The Bertz CT molecular complexity index is 3070. The summed E-state index contributed by atoms with van der Waals surface area (Å²) >= 11 is 0. The molecule has 0 atom stereocenters. The molecule has 2 aromatic heterocycles. The van der Waals surface area contributed by atoms with E-state index in [1.54, 1.807) is 0 Å². The summed E-state index contributed by atoms with van der Waals surface area (Å²) in [6, 6.07) is 61.8. The zero-order valence-electron chi connectivity index (χ0n) is 29.0. The van der Waals surface area contributed by atoms with Crippen molar-refractivity contribution in [1.82, 2.24) is 4.57 Å². The first-order valence-corrected chi connectivity index (χ1v) is 18.0. The minimum atomic E-state index is -0.194. The first kappa shape index (κ1) is 29.2. The number of para-hydroxylation sites is 4. The summed E-state index contributed by atoms with van der Waals surface area (Å²) in [5, 5.41) is 7.21. The Kier molecular flexibility index (Phi) is 6.01. The van der Waals surface area contributed by atoms with Crippen LogP contribution in [0.5, 0.6) is 0 Å². The summed E-state index contributed by atoms with van der Waals surface area (Å²) in [6.07, 6.45) is 0. The molecule has 0 fully saturated rings. The molecule has 3 heteroatoms. The summed E-state index contributed by atoms with van der Waals surface area (Å²) in [4.78, 5) is 2.45. The Morgan fingerprint density at radius 3 is 2.04 bits per heavy atom. The van der Waals surface area contributed by atoms with Gasteiger partial charge in [0.2, 0.25) is 0 Å². The van der Waals surface area contributed by atoms with E-state index in [1.165, 1.54) is 60.9 Å². The third-order valence-corrected chi connectivity index (χ3v) is 11.4. The van der Waals surface area contributed by atoms with Gasteiger partial charge in [-0.05, 0) is 93.7 Å². The van der Waals surface area contributed by atoms with Gasteiger partial charge in [0, 0.05) is 32.6 Å². The fourth-order valence-electron chi connectivity index (χ4n) is 8.80. The second-order valence-electron chi connectivity index (χ2n) is 14.6. The van der Waals surface area contributed by atoms with Crippen molar-refractivity contribution in [3.05, 3.63) is 181 Å². The highest BCUT2D eigenvalue weighted by Crippen LogP contribution is 2.53. The first-order valence-electron chi connectivity index (χ1n) is 18.0. The minimum Gasteiger partial charge on any atom is -0.454 e.